The first-order valence-corrected chi connectivity index (χ1v) is 4.59. The van der Waals surface area contributed by atoms with Crippen LogP contribution in [0.15, 0.2) is 18.3 Å². The minimum Gasteiger partial charge on any atom is -0.370 e. The second-order valence-corrected chi connectivity index (χ2v) is 3.44. The zero-order valence-corrected chi connectivity index (χ0v) is 8.25. The monoisotopic (exact) mass is 179 g/mol. The summed E-state index contributed by atoms with van der Waals surface area (Å²) in [5.74, 6) is 1.42. The fourth-order valence-electron chi connectivity index (χ4n) is 0.995. The van der Waals surface area contributed by atoms with E-state index in [-0.39, 0.29) is 0 Å². The number of hydrogen-bond donors (Lipinski definition) is 2. The molecular formula is C10H17N3. The normalized spacial score (nSPS) is 12.5. The van der Waals surface area contributed by atoms with Gasteiger partial charge in [-0.05, 0) is 37.1 Å². The van der Waals surface area contributed by atoms with Gasteiger partial charge in [-0.2, -0.15) is 0 Å². The number of anilines is 1. The van der Waals surface area contributed by atoms with Crippen molar-refractivity contribution in [2.24, 2.45) is 11.7 Å². The van der Waals surface area contributed by atoms with Crippen LogP contribution in [0.2, 0.25) is 0 Å². The van der Waals surface area contributed by atoms with Crippen LogP contribution in [0.5, 0.6) is 0 Å². The molecule has 0 saturated carbocycles. The summed E-state index contributed by atoms with van der Waals surface area (Å²) < 4.78 is 0. The van der Waals surface area contributed by atoms with Gasteiger partial charge in [0.1, 0.15) is 5.82 Å². The van der Waals surface area contributed by atoms with Crippen molar-refractivity contribution in [3.05, 3.63) is 23.9 Å². The van der Waals surface area contributed by atoms with E-state index in [0.717, 1.165) is 12.4 Å². The largest absolute Gasteiger partial charge is 0.370 e. The highest BCUT2D eigenvalue weighted by Crippen LogP contribution is 2.05. The number of hydrogen-bond acceptors (Lipinski definition) is 3. The maximum absolute atomic E-state index is 5.51. The number of nitrogens with two attached hydrogens (primary N) is 1. The molecule has 0 spiro atoms. The fourth-order valence-corrected chi connectivity index (χ4v) is 0.995. The molecule has 0 fully saturated rings. The molecule has 1 atom stereocenters. The van der Waals surface area contributed by atoms with Crippen LogP contribution >= 0.6 is 0 Å². The highest BCUT2D eigenvalue weighted by atomic mass is 15.0. The first-order chi connectivity index (χ1) is 6.22. The van der Waals surface area contributed by atoms with Crippen molar-refractivity contribution in [1.29, 1.82) is 0 Å². The van der Waals surface area contributed by atoms with E-state index in [1.54, 1.807) is 0 Å². The Labute approximate surface area is 79.4 Å². The van der Waals surface area contributed by atoms with Gasteiger partial charge in [0.05, 0.1) is 0 Å². The zero-order valence-electron chi connectivity index (χ0n) is 8.25. The van der Waals surface area contributed by atoms with Crippen molar-refractivity contribution < 1.29 is 0 Å². The standard InChI is InChI=1S/C10H17N3/c1-8-3-4-12-10(5-8)13-7-9(2)6-11/h3-5,9H,6-7,11H2,1-2H3,(H,12,13). The Morgan fingerprint density at radius 1 is 1.62 bits per heavy atom. The Bertz CT molecular complexity index is 260. The van der Waals surface area contributed by atoms with Gasteiger partial charge in [-0.1, -0.05) is 6.92 Å². The summed E-state index contributed by atoms with van der Waals surface area (Å²) in [6, 6.07) is 4.01. The van der Waals surface area contributed by atoms with Crippen molar-refractivity contribution in [3.8, 4) is 0 Å². The summed E-state index contributed by atoms with van der Waals surface area (Å²) in [6.45, 7) is 5.76. The van der Waals surface area contributed by atoms with Gasteiger partial charge in [0, 0.05) is 12.7 Å². The molecule has 0 radical (unpaired) electrons. The number of aryl methyl sites for hydroxylation is 1. The molecule has 0 saturated heterocycles. The van der Waals surface area contributed by atoms with Gasteiger partial charge >= 0.3 is 0 Å². The van der Waals surface area contributed by atoms with Gasteiger partial charge in [-0.25, -0.2) is 4.98 Å². The average molecular weight is 179 g/mol. The van der Waals surface area contributed by atoms with E-state index in [0.29, 0.717) is 12.5 Å². The van der Waals surface area contributed by atoms with E-state index < -0.39 is 0 Å². The lowest BCUT2D eigenvalue weighted by atomic mass is 10.2. The van der Waals surface area contributed by atoms with Crippen molar-refractivity contribution in [3.63, 3.8) is 0 Å². The summed E-state index contributed by atoms with van der Waals surface area (Å²) in [5, 5.41) is 3.25. The summed E-state index contributed by atoms with van der Waals surface area (Å²) >= 11 is 0. The summed E-state index contributed by atoms with van der Waals surface area (Å²) in [4.78, 5) is 4.19. The number of pyridine rings is 1. The molecule has 3 nitrogen and oxygen atoms in total. The quantitative estimate of drug-likeness (QED) is 0.734. The molecule has 1 rings (SSSR count). The number of rotatable bonds is 4. The van der Waals surface area contributed by atoms with E-state index in [9.17, 15) is 0 Å². The van der Waals surface area contributed by atoms with E-state index in [1.807, 2.05) is 18.3 Å². The topological polar surface area (TPSA) is 50.9 Å². The molecular weight excluding hydrogens is 162 g/mol. The molecule has 3 heteroatoms. The average Bonchev–Trinajstić information content (AvgIpc) is 2.14. The molecule has 0 aliphatic rings. The fraction of sp³-hybridized carbons (Fsp3) is 0.500. The van der Waals surface area contributed by atoms with Gasteiger partial charge in [0.15, 0.2) is 0 Å². The third-order valence-electron chi connectivity index (χ3n) is 1.95. The van der Waals surface area contributed by atoms with Gasteiger partial charge in [0.2, 0.25) is 0 Å². The second kappa shape index (κ2) is 4.82. The van der Waals surface area contributed by atoms with Crippen LogP contribution in [0, 0.1) is 12.8 Å². The molecule has 13 heavy (non-hydrogen) atoms. The molecule has 0 aliphatic carbocycles. The highest BCUT2D eigenvalue weighted by Gasteiger charge is 1.98. The molecule has 1 aromatic rings. The van der Waals surface area contributed by atoms with Crippen LogP contribution in [-0.4, -0.2) is 18.1 Å². The lowest BCUT2D eigenvalue weighted by Gasteiger charge is -2.10. The summed E-state index contributed by atoms with van der Waals surface area (Å²) in [7, 11) is 0. The molecule has 0 amide bonds. The lowest BCUT2D eigenvalue weighted by Crippen LogP contribution is -2.20. The Kier molecular flexibility index (Phi) is 3.71. The Hall–Kier alpha value is -1.09. The molecule has 0 bridgehead atoms. The molecule has 1 heterocycles. The molecule has 0 aromatic carbocycles. The Balaban J connectivity index is 2.45. The number of nitrogens with zero attached hydrogens (tertiary/aromatic N) is 1. The maximum Gasteiger partial charge on any atom is 0.126 e. The van der Waals surface area contributed by atoms with Crippen molar-refractivity contribution in [1.82, 2.24) is 4.98 Å². The molecule has 0 aliphatic heterocycles. The first kappa shape index (κ1) is 9.99. The smallest absolute Gasteiger partial charge is 0.126 e. The third-order valence-corrected chi connectivity index (χ3v) is 1.95. The van der Waals surface area contributed by atoms with E-state index >= 15 is 0 Å². The highest BCUT2D eigenvalue weighted by molar-refractivity contribution is 5.36. The maximum atomic E-state index is 5.51. The molecule has 72 valence electrons. The second-order valence-electron chi connectivity index (χ2n) is 3.44. The molecule has 1 aromatic heterocycles. The molecule has 1 unspecified atom stereocenters. The van der Waals surface area contributed by atoms with E-state index in [1.165, 1.54) is 5.56 Å². The lowest BCUT2D eigenvalue weighted by molar-refractivity contribution is 0.627. The Morgan fingerprint density at radius 3 is 3.00 bits per heavy atom. The van der Waals surface area contributed by atoms with Gasteiger partial charge in [-0.3, -0.25) is 0 Å². The minimum atomic E-state index is 0.488. The predicted molar refractivity (Wildman–Crippen MR) is 55.7 cm³/mol. The van der Waals surface area contributed by atoms with Crippen molar-refractivity contribution >= 4 is 5.82 Å². The van der Waals surface area contributed by atoms with Gasteiger partial charge in [0.25, 0.3) is 0 Å². The molecule has 3 N–H and O–H groups in total. The van der Waals surface area contributed by atoms with E-state index in [4.69, 9.17) is 5.73 Å². The first-order valence-electron chi connectivity index (χ1n) is 4.59. The van der Waals surface area contributed by atoms with Crippen molar-refractivity contribution in [2.45, 2.75) is 13.8 Å². The van der Waals surface area contributed by atoms with Crippen LogP contribution in [0.25, 0.3) is 0 Å². The summed E-state index contributed by atoms with van der Waals surface area (Å²) in [5.41, 5.74) is 6.73. The SMILES string of the molecule is Cc1ccnc(NCC(C)CN)c1. The van der Waals surface area contributed by atoms with Gasteiger partial charge < -0.3 is 11.1 Å². The zero-order chi connectivity index (χ0) is 9.68. The van der Waals surface area contributed by atoms with Crippen LogP contribution < -0.4 is 11.1 Å². The predicted octanol–water partition coefficient (Wildman–Crippen LogP) is 1.40. The van der Waals surface area contributed by atoms with Crippen LogP contribution in [0.1, 0.15) is 12.5 Å². The minimum absolute atomic E-state index is 0.488. The number of nitrogens with one attached hydrogen (secondary N) is 1. The third kappa shape index (κ3) is 3.42. The van der Waals surface area contributed by atoms with Crippen LogP contribution in [0.4, 0.5) is 5.82 Å². The van der Waals surface area contributed by atoms with Crippen LogP contribution in [-0.2, 0) is 0 Å². The number of aromatic nitrogens is 1. The van der Waals surface area contributed by atoms with Crippen molar-refractivity contribution in [2.75, 3.05) is 18.4 Å². The Morgan fingerprint density at radius 2 is 2.38 bits per heavy atom. The van der Waals surface area contributed by atoms with E-state index in [2.05, 4.69) is 24.1 Å². The van der Waals surface area contributed by atoms with Crippen LogP contribution in [0.3, 0.4) is 0 Å². The summed E-state index contributed by atoms with van der Waals surface area (Å²) in [6.07, 6.45) is 1.81. The van der Waals surface area contributed by atoms with Gasteiger partial charge in [-0.15, -0.1) is 0 Å².